The molecule has 3 aliphatic rings. The van der Waals surface area contributed by atoms with Crippen molar-refractivity contribution in [3.63, 3.8) is 0 Å². The number of carbonyl (C=O) groups is 3. The first-order valence-electron chi connectivity index (χ1n) is 11.5. The number of hydrogen-bond acceptors (Lipinski definition) is 9. The summed E-state index contributed by atoms with van der Waals surface area (Å²) in [5.41, 5.74) is -4.08. The number of esters is 3. The Kier molecular flexibility index (Phi) is 6.74. The molecule has 1 aliphatic heterocycles. The molecule has 0 bridgehead atoms. The minimum absolute atomic E-state index is 0.151. The molecule has 9 heteroatoms. The average molecular weight is 469 g/mol. The molecule has 2 fully saturated rings. The molecule has 1 saturated carbocycles. The molecule has 33 heavy (non-hydrogen) atoms. The summed E-state index contributed by atoms with van der Waals surface area (Å²) < 4.78 is 16.9. The van der Waals surface area contributed by atoms with E-state index in [1.165, 1.54) is 20.8 Å². The monoisotopic (exact) mass is 468 g/mol. The molecule has 1 heterocycles. The van der Waals surface area contributed by atoms with Gasteiger partial charge in [-0.3, -0.25) is 14.4 Å². The maximum atomic E-state index is 12.6. The molecular weight excluding hydrogens is 432 g/mol. The highest BCUT2D eigenvalue weighted by molar-refractivity contribution is 5.77. The summed E-state index contributed by atoms with van der Waals surface area (Å²) in [4.78, 5) is 36.9. The maximum Gasteiger partial charge on any atom is 0.312 e. The Morgan fingerprint density at radius 3 is 2.30 bits per heavy atom. The molecule has 186 valence electrons. The van der Waals surface area contributed by atoms with Gasteiger partial charge in [0.25, 0.3) is 0 Å². The largest absolute Gasteiger partial charge is 0.462 e. The second-order valence-electron chi connectivity index (χ2n) is 10.4. The fourth-order valence-corrected chi connectivity index (χ4v) is 6.18. The fraction of sp³-hybridized carbons (Fsp3) is 0.792. The Morgan fingerprint density at radius 2 is 1.73 bits per heavy atom. The Balaban J connectivity index is 2.33. The van der Waals surface area contributed by atoms with Crippen molar-refractivity contribution < 1.29 is 43.9 Å². The van der Waals surface area contributed by atoms with Crippen LogP contribution in [-0.4, -0.2) is 68.8 Å². The van der Waals surface area contributed by atoms with Gasteiger partial charge in [0.15, 0.2) is 11.7 Å². The number of fused-ring (bicyclic) bond motifs is 2. The molecule has 0 aromatic rings. The highest BCUT2D eigenvalue weighted by Gasteiger charge is 2.69. The van der Waals surface area contributed by atoms with E-state index >= 15 is 0 Å². The molecule has 0 amide bonds. The highest BCUT2D eigenvalue weighted by Crippen LogP contribution is 2.57. The molecule has 9 atom stereocenters. The zero-order valence-corrected chi connectivity index (χ0v) is 20.2. The third-order valence-corrected chi connectivity index (χ3v) is 8.02. The molecule has 0 spiro atoms. The van der Waals surface area contributed by atoms with Crippen LogP contribution in [0, 0.1) is 17.3 Å². The molecule has 0 aromatic heterocycles. The summed E-state index contributed by atoms with van der Waals surface area (Å²) in [5, 5.41) is 35.0. The molecule has 0 radical (unpaired) electrons. The smallest absolute Gasteiger partial charge is 0.312 e. The van der Waals surface area contributed by atoms with E-state index in [4.69, 9.17) is 14.2 Å². The van der Waals surface area contributed by atoms with Crippen molar-refractivity contribution in [2.45, 2.75) is 103 Å². The summed E-state index contributed by atoms with van der Waals surface area (Å²) in [6.45, 7) is 8.97. The summed E-state index contributed by atoms with van der Waals surface area (Å²) >= 11 is 0. The number of hydrogen-bond donors (Lipinski definition) is 3. The van der Waals surface area contributed by atoms with Gasteiger partial charge in [-0.15, -0.1) is 0 Å². The second kappa shape index (κ2) is 8.67. The molecule has 2 aliphatic carbocycles. The van der Waals surface area contributed by atoms with E-state index in [1.54, 1.807) is 26.8 Å². The third kappa shape index (κ3) is 4.19. The van der Waals surface area contributed by atoms with Gasteiger partial charge < -0.3 is 29.5 Å². The maximum absolute atomic E-state index is 12.6. The van der Waals surface area contributed by atoms with Gasteiger partial charge in [0.1, 0.15) is 12.2 Å². The lowest BCUT2D eigenvalue weighted by atomic mass is 9.52. The summed E-state index contributed by atoms with van der Waals surface area (Å²) in [6.07, 6.45) is -1.69. The lowest BCUT2D eigenvalue weighted by molar-refractivity contribution is -0.264. The van der Waals surface area contributed by atoms with Crippen LogP contribution in [0.2, 0.25) is 0 Å². The van der Waals surface area contributed by atoms with Gasteiger partial charge in [-0.05, 0) is 52.5 Å². The quantitative estimate of drug-likeness (QED) is 0.312. The van der Waals surface area contributed by atoms with E-state index in [9.17, 15) is 29.7 Å². The topological polar surface area (TPSA) is 140 Å². The van der Waals surface area contributed by atoms with Crippen molar-refractivity contribution in [2.75, 3.05) is 0 Å². The van der Waals surface area contributed by atoms with Crippen molar-refractivity contribution >= 4 is 17.9 Å². The van der Waals surface area contributed by atoms with E-state index in [0.29, 0.717) is 12.8 Å². The Hall–Kier alpha value is -1.97. The van der Waals surface area contributed by atoms with Crippen LogP contribution in [0.4, 0.5) is 0 Å². The zero-order chi connectivity index (χ0) is 24.9. The van der Waals surface area contributed by atoms with Crippen LogP contribution in [0.15, 0.2) is 11.6 Å². The number of aliphatic hydroxyl groups excluding tert-OH is 1. The van der Waals surface area contributed by atoms with Crippen LogP contribution in [0.25, 0.3) is 0 Å². The minimum Gasteiger partial charge on any atom is -0.462 e. The summed E-state index contributed by atoms with van der Waals surface area (Å²) in [7, 11) is 0. The first-order valence-corrected chi connectivity index (χ1v) is 11.5. The Morgan fingerprint density at radius 1 is 1.12 bits per heavy atom. The van der Waals surface area contributed by atoms with E-state index in [-0.39, 0.29) is 12.8 Å². The number of allylic oxidation sites excluding steroid dienone is 1. The van der Waals surface area contributed by atoms with Gasteiger partial charge >= 0.3 is 17.9 Å². The fourth-order valence-electron chi connectivity index (χ4n) is 6.18. The molecule has 9 unspecified atom stereocenters. The zero-order valence-electron chi connectivity index (χ0n) is 20.2. The molecular formula is C24H36O9. The van der Waals surface area contributed by atoms with E-state index in [1.807, 2.05) is 0 Å². The predicted octanol–water partition coefficient (Wildman–Crippen LogP) is 1.41. The van der Waals surface area contributed by atoms with Gasteiger partial charge in [-0.1, -0.05) is 12.5 Å². The Labute approximate surface area is 194 Å². The van der Waals surface area contributed by atoms with Gasteiger partial charge in [-0.2, -0.15) is 0 Å². The summed E-state index contributed by atoms with van der Waals surface area (Å²) in [5.74, 6) is -4.10. The molecule has 1 saturated heterocycles. The van der Waals surface area contributed by atoms with Crippen molar-refractivity contribution in [1.82, 2.24) is 0 Å². The van der Waals surface area contributed by atoms with Crippen LogP contribution in [0.1, 0.15) is 67.2 Å². The van der Waals surface area contributed by atoms with Crippen molar-refractivity contribution in [2.24, 2.45) is 17.3 Å². The minimum atomic E-state index is -2.02. The molecule has 9 nitrogen and oxygen atoms in total. The van der Waals surface area contributed by atoms with Gasteiger partial charge in [0.2, 0.25) is 0 Å². The van der Waals surface area contributed by atoms with Crippen molar-refractivity contribution in [3.8, 4) is 0 Å². The van der Waals surface area contributed by atoms with Crippen LogP contribution >= 0.6 is 0 Å². The predicted molar refractivity (Wildman–Crippen MR) is 116 cm³/mol. The summed E-state index contributed by atoms with van der Waals surface area (Å²) in [6, 6.07) is 0. The van der Waals surface area contributed by atoms with Crippen molar-refractivity contribution in [3.05, 3.63) is 11.6 Å². The van der Waals surface area contributed by atoms with E-state index < -0.39 is 70.8 Å². The third-order valence-electron chi connectivity index (χ3n) is 8.02. The average Bonchev–Trinajstić information content (AvgIpc) is 2.90. The van der Waals surface area contributed by atoms with Gasteiger partial charge in [0.05, 0.1) is 17.6 Å². The number of rotatable bonds is 2. The normalized spacial score (nSPS) is 45.7. The SMILES string of the molecule is CC(=O)OC1CCC(C)=CC2OC(=O)C(C)C2(O)C(OC(C)=O)C2C(C)(O)CCC(O)C12C. The molecule has 0 aromatic carbocycles. The van der Waals surface area contributed by atoms with E-state index in [2.05, 4.69) is 0 Å². The first-order chi connectivity index (χ1) is 15.2. The van der Waals surface area contributed by atoms with Crippen LogP contribution < -0.4 is 0 Å². The lowest BCUT2D eigenvalue weighted by Crippen LogP contribution is -2.70. The van der Waals surface area contributed by atoms with Crippen LogP contribution in [0.3, 0.4) is 0 Å². The Bertz CT molecular complexity index is 849. The number of carbonyl (C=O) groups excluding carboxylic acids is 3. The first kappa shape index (κ1) is 25.6. The standard InChI is InChI=1S/C24H36O9/c1-12-7-8-17(31-14(3)25)23(6)16(27)9-10-22(5,29)19(23)20(32-15(4)26)24(30)13(2)21(28)33-18(24)11-12/h11,13,16-20,27,29-30H,7-10H2,1-6H3. The second-order valence-corrected chi connectivity index (χ2v) is 10.4. The molecule has 3 rings (SSSR count). The lowest BCUT2D eigenvalue weighted by Gasteiger charge is -2.59. The van der Waals surface area contributed by atoms with Crippen LogP contribution in [-0.2, 0) is 28.6 Å². The van der Waals surface area contributed by atoms with Gasteiger partial charge in [0, 0.05) is 25.2 Å². The number of aliphatic hydroxyl groups is 3. The van der Waals surface area contributed by atoms with Crippen LogP contribution in [0.5, 0.6) is 0 Å². The van der Waals surface area contributed by atoms with Crippen molar-refractivity contribution in [1.29, 1.82) is 0 Å². The van der Waals surface area contributed by atoms with Gasteiger partial charge in [-0.25, -0.2) is 0 Å². The highest BCUT2D eigenvalue weighted by atomic mass is 16.6. The van der Waals surface area contributed by atoms with E-state index in [0.717, 1.165) is 5.57 Å². The number of ether oxygens (including phenoxy) is 3. The molecule has 3 N–H and O–H groups in total.